The van der Waals surface area contributed by atoms with Crippen molar-refractivity contribution in [1.29, 1.82) is 0 Å². The smallest absolute Gasteiger partial charge is 0.242 e. The molecule has 0 heterocycles. The number of amides is 2. The lowest BCUT2D eigenvalue weighted by Crippen LogP contribution is -2.49. The van der Waals surface area contributed by atoms with E-state index in [1.807, 2.05) is 6.92 Å². The molecule has 1 N–H and O–H groups in total. The first kappa shape index (κ1) is 26.6. The summed E-state index contributed by atoms with van der Waals surface area (Å²) in [5, 5.41) is 2.97. The van der Waals surface area contributed by atoms with E-state index in [1.165, 1.54) is 17.7 Å². The number of unbranched alkanes of at least 4 members (excludes halogenated alkanes) is 1. The molecule has 0 saturated carbocycles. The number of rotatable bonds is 11. The van der Waals surface area contributed by atoms with Gasteiger partial charge in [-0.05, 0) is 53.5 Å². The highest BCUT2D eigenvalue weighted by Crippen LogP contribution is 2.23. The van der Waals surface area contributed by atoms with E-state index in [0.717, 1.165) is 24.0 Å². The molecule has 0 saturated heterocycles. The van der Waals surface area contributed by atoms with Crippen LogP contribution in [0.1, 0.15) is 77.0 Å². The van der Waals surface area contributed by atoms with Gasteiger partial charge in [0.2, 0.25) is 11.8 Å². The Kier molecular flexibility index (Phi) is 10.1. The van der Waals surface area contributed by atoms with Crippen molar-refractivity contribution in [3.05, 3.63) is 71.0 Å². The third-order valence-corrected chi connectivity index (χ3v) is 5.93. The number of halogens is 1. The van der Waals surface area contributed by atoms with Gasteiger partial charge in [-0.1, -0.05) is 77.4 Å². The van der Waals surface area contributed by atoms with Crippen molar-refractivity contribution in [2.75, 3.05) is 6.54 Å². The minimum absolute atomic E-state index is 0.0725. The van der Waals surface area contributed by atoms with E-state index in [1.54, 1.807) is 17.0 Å². The zero-order chi connectivity index (χ0) is 24.4. The van der Waals surface area contributed by atoms with E-state index in [0.29, 0.717) is 25.8 Å². The third-order valence-electron chi connectivity index (χ3n) is 5.93. The summed E-state index contributed by atoms with van der Waals surface area (Å²) in [6.07, 6.45) is 3.33. The van der Waals surface area contributed by atoms with Gasteiger partial charge in [-0.2, -0.15) is 0 Å². The molecule has 0 bridgehead atoms. The zero-order valence-electron chi connectivity index (χ0n) is 20.8. The quantitative estimate of drug-likeness (QED) is 0.438. The lowest BCUT2D eigenvalue weighted by molar-refractivity contribution is -0.141. The highest BCUT2D eigenvalue weighted by Gasteiger charge is 2.28. The maximum Gasteiger partial charge on any atom is 0.242 e. The summed E-state index contributed by atoms with van der Waals surface area (Å²) in [6, 6.07) is 13.9. The second kappa shape index (κ2) is 12.5. The van der Waals surface area contributed by atoms with Gasteiger partial charge in [-0.15, -0.1) is 0 Å². The Hall–Kier alpha value is -2.69. The molecule has 0 radical (unpaired) electrons. The lowest BCUT2D eigenvalue weighted by Gasteiger charge is -2.31. The van der Waals surface area contributed by atoms with Gasteiger partial charge < -0.3 is 10.2 Å². The maximum atomic E-state index is 13.4. The molecule has 0 aliphatic rings. The van der Waals surface area contributed by atoms with Gasteiger partial charge >= 0.3 is 0 Å². The topological polar surface area (TPSA) is 49.4 Å². The lowest BCUT2D eigenvalue weighted by atomic mass is 9.86. The maximum absolute atomic E-state index is 13.4. The van der Waals surface area contributed by atoms with Gasteiger partial charge in [-0.3, -0.25) is 9.59 Å². The van der Waals surface area contributed by atoms with Gasteiger partial charge in [0.15, 0.2) is 0 Å². The van der Waals surface area contributed by atoms with Crippen molar-refractivity contribution in [3.8, 4) is 0 Å². The van der Waals surface area contributed by atoms with Crippen LogP contribution in [0.5, 0.6) is 0 Å². The summed E-state index contributed by atoms with van der Waals surface area (Å²) in [5.74, 6) is -0.521. The molecule has 1 atom stereocenters. The van der Waals surface area contributed by atoms with Crippen molar-refractivity contribution < 1.29 is 14.0 Å². The van der Waals surface area contributed by atoms with E-state index >= 15 is 0 Å². The molecular weight excluding hydrogens is 415 g/mol. The SMILES string of the molecule is CCCCNC(=O)[C@H](CC)N(Cc1ccc(F)cc1)C(=O)CCc1ccc(C(C)(C)C)cc1. The van der Waals surface area contributed by atoms with Crippen LogP contribution in [-0.4, -0.2) is 29.3 Å². The van der Waals surface area contributed by atoms with E-state index < -0.39 is 6.04 Å². The highest BCUT2D eigenvalue weighted by molar-refractivity contribution is 5.87. The molecule has 0 fully saturated rings. The van der Waals surface area contributed by atoms with Crippen molar-refractivity contribution in [2.45, 2.75) is 84.7 Å². The van der Waals surface area contributed by atoms with Gasteiger partial charge in [-0.25, -0.2) is 4.39 Å². The van der Waals surface area contributed by atoms with E-state index in [9.17, 15) is 14.0 Å². The molecule has 2 aromatic rings. The number of aryl methyl sites for hydroxylation is 1. The highest BCUT2D eigenvalue weighted by atomic mass is 19.1. The van der Waals surface area contributed by atoms with Crippen LogP contribution in [0.15, 0.2) is 48.5 Å². The fourth-order valence-corrected chi connectivity index (χ4v) is 3.78. The predicted molar refractivity (Wildman–Crippen MR) is 132 cm³/mol. The van der Waals surface area contributed by atoms with E-state index in [-0.39, 0.29) is 29.6 Å². The van der Waals surface area contributed by atoms with Crippen LogP contribution in [0.25, 0.3) is 0 Å². The zero-order valence-corrected chi connectivity index (χ0v) is 20.8. The number of benzene rings is 2. The Morgan fingerprint density at radius 3 is 2.12 bits per heavy atom. The van der Waals surface area contributed by atoms with Crippen molar-refractivity contribution in [1.82, 2.24) is 10.2 Å². The molecule has 2 amide bonds. The van der Waals surface area contributed by atoms with Crippen molar-refractivity contribution in [2.24, 2.45) is 0 Å². The van der Waals surface area contributed by atoms with Crippen molar-refractivity contribution in [3.63, 3.8) is 0 Å². The first-order chi connectivity index (χ1) is 15.7. The van der Waals surface area contributed by atoms with Crippen molar-refractivity contribution >= 4 is 11.8 Å². The van der Waals surface area contributed by atoms with E-state index in [2.05, 4.69) is 57.3 Å². The minimum Gasteiger partial charge on any atom is -0.354 e. The molecule has 4 nitrogen and oxygen atoms in total. The summed E-state index contributed by atoms with van der Waals surface area (Å²) < 4.78 is 13.4. The molecule has 0 aliphatic heterocycles. The number of hydrogen-bond acceptors (Lipinski definition) is 2. The average Bonchev–Trinajstić information content (AvgIpc) is 2.78. The minimum atomic E-state index is -0.553. The van der Waals surface area contributed by atoms with Gasteiger partial charge in [0.25, 0.3) is 0 Å². The van der Waals surface area contributed by atoms with Crippen LogP contribution in [0, 0.1) is 5.82 Å². The molecule has 0 aliphatic carbocycles. The summed E-state index contributed by atoms with van der Waals surface area (Å²) >= 11 is 0. The van der Waals surface area contributed by atoms with Crippen LogP contribution in [0.2, 0.25) is 0 Å². The van der Waals surface area contributed by atoms with Crippen LogP contribution in [0.4, 0.5) is 4.39 Å². The van der Waals surface area contributed by atoms with Gasteiger partial charge in [0.1, 0.15) is 11.9 Å². The van der Waals surface area contributed by atoms with Crippen LogP contribution in [-0.2, 0) is 28.0 Å². The first-order valence-electron chi connectivity index (χ1n) is 12.1. The molecule has 0 spiro atoms. The van der Waals surface area contributed by atoms with Crippen LogP contribution in [0.3, 0.4) is 0 Å². The second-order valence-corrected chi connectivity index (χ2v) is 9.66. The van der Waals surface area contributed by atoms with Crippen LogP contribution < -0.4 is 5.32 Å². The average molecular weight is 455 g/mol. The molecule has 2 aromatic carbocycles. The largest absolute Gasteiger partial charge is 0.354 e. The number of carbonyl (C=O) groups is 2. The molecule has 0 unspecified atom stereocenters. The number of carbonyl (C=O) groups excluding carboxylic acids is 2. The normalized spacial score (nSPS) is 12.3. The predicted octanol–water partition coefficient (Wildman–Crippen LogP) is 5.78. The molecule has 180 valence electrons. The summed E-state index contributed by atoms with van der Waals surface area (Å²) in [5.41, 5.74) is 3.24. The Balaban J connectivity index is 2.15. The number of nitrogens with one attached hydrogen (secondary N) is 1. The molecule has 5 heteroatoms. The molecule has 2 rings (SSSR count). The number of nitrogens with zero attached hydrogens (tertiary/aromatic N) is 1. The number of hydrogen-bond donors (Lipinski definition) is 1. The van der Waals surface area contributed by atoms with Gasteiger partial charge in [0, 0.05) is 19.5 Å². The Bertz CT molecular complexity index is 886. The van der Waals surface area contributed by atoms with Gasteiger partial charge in [0.05, 0.1) is 0 Å². The fraction of sp³-hybridized carbons (Fsp3) is 0.500. The first-order valence-corrected chi connectivity index (χ1v) is 12.1. The Morgan fingerprint density at radius 1 is 0.970 bits per heavy atom. The Morgan fingerprint density at radius 2 is 1.58 bits per heavy atom. The molecule has 0 aromatic heterocycles. The van der Waals surface area contributed by atoms with E-state index in [4.69, 9.17) is 0 Å². The fourth-order valence-electron chi connectivity index (χ4n) is 3.78. The molecular formula is C28H39FN2O2. The summed E-state index contributed by atoms with van der Waals surface area (Å²) in [6.45, 7) is 11.4. The third kappa shape index (κ3) is 8.30. The monoisotopic (exact) mass is 454 g/mol. The standard InChI is InChI=1S/C28H39FN2O2/c1-6-8-19-30-27(33)25(7-2)31(20-22-11-16-24(29)17-12-22)26(32)18-13-21-9-14-23(15-10-21)28(3,4)5/h9-12,14-17,25H,6-8,13,18-20H2,1-5H3,(H,30,33)/t25-/m0/s1. The second-order valence-electron chi connectivity index (χ2n) is 9.66. The molecule has 33 heavy (non-hydrogen) atoms. The summed E-state index contributed by atoms with van der Waals surface area (Å²) in [4.78, 5) is 27.9. The summed E-state index contributed by atoms with van der Waals surface area (Å²) in [7, 11) is 0. The van der Waals surface area contributed by atoms with Crippen LogP contribution >= 0.6 is 0 Å². The Labute approximate surface area is 198 Å².